The minimum atomic E-state index is -4.22. The highest BCUT2D eigenvalue weighted by Crippen LogP contribution is 2.47. The smallest absolute Gasteiger partial charge is 0.459 e. The Balaban J connectivity index is 1.59. The van der Waals surface area contributed by atoms with E-state index < -0.39 is 50.4 Å². The van der Waals surface area contributed by atoms with Gasteiger partial charge in [0.15, 0.2) is 6.23 Å². The van der Waals surface area contributed by atoms with Crippen LogP contribution >= 0.6 is 7.75 Å². The van der Waals surface area contributed by atoms with E-state index in [-0.39, 0.29) is 17.2 Å². The van der Waals surface area contributed by atoms with Crippen LogP contribution in [-0.2, 0) is 23.4 Å². The molecular weight excluding hydrogens is 517 g/mol. The van der Waals surface area contributed by atoms with E-state index in [2.05, 4.69) is 25.7 Å². The Labute approximate surface area is 218 Å². The number of terminal acetylenes is 1. The monoisotopic (exact) mass is 545 g/mol. The molecule has 202 valence electrons. The molecule has 13 nitrogen and oxygen atoms in total. The molecule has 1 fully saturated rings. The van der Waals surface area contributed by atoms with Gasteiger partial charge in [-0.3, -0.25) is 9.32 Å². The normalized spacial score (nSPS) is 25.4. The van der Waals surface area contributed by atoms with E-state index in [1.54, 1.807) is 30.3 Å². The van der Waals surface area contributed by atoms with Gasteiger partial charge in [-0.1, -0.05) is 24.1 Å². The van der Waals surface area contributed by atoms with Crippen molar-refractivity contribution >= 4 is 30.6 Å². The second-order valence-corrected chi connectivity index (χ2v) is 10.5. The van der Waals surface area contributed by atoms with Gasteiger partial charge >= 0.3 is 13.7 Å². The van der Waals surface area contributed by atoms with E-state index in [1.165, 1.54) is 38.0 Å². The number of nitrogens with one attached hydrogen (secondary N) is 1. The molecule has 1 saturated heterocycles. The number of para-hydroxylation sites is 1. The Bertz CT molecular complexity index is 1410. The number of aliphatic hydroxyl groups excluding tert-OH is 1. The lowest BCUT2D eigenvalue weighted by atomic mass is 9.96. The largest absolute Gasteiger partial charge is 0.468 e. The molecule has 0 spiro atoms. The zero-order chi connectivity index (χ0) is 27.7. The van der Waals surface area contributed by atoms with Crippen molar-refractivity contribution in [1.29, 1.82) is 0 Å². The van der Waals surface area contributed by atoms with Crippen LogP contribution in [0.1, 0.15) is 25.6 Å². The van der Waals surface area contributed by atoms with Crippen LogP contribution in [-0.4, -0.2) is 68.3 Å². The second-order valence-electron chi connectivity index (χ2n) is 8.82. The number of hydrogen-bond donors (Lipinski definition) is 4. The van der Waals surface area contributed by atoms with Crippen molar-refractivity contribution in [1.82, 2.24) is 19.6 Å². The lowest BCUT2D eigenvalue weighted by Gasteiger charge is -2.27. The maximum absolute atomic E-state index is 13.6. The van der Waals surface area contributed by atoms with Crippen LogP contribution in [0.5, 0.6) is 5.75 Å². The van der Waals surface area contributed by atoms with E-state index in [0.29, 0.717) is 10.9 Å². The van der Waals surface area contributed by atoms with E-state index >= 15 is 0 Å². The van der Waals surface area contributed by atoms with Crippen LogP contribution < -0.4 is 15.3 Å². The summed E-state index contributed by atoms with van der Waals surface area (Å²) in [4.78, 5) is 20.1. The fourth-order valence-electron chi connectivity index (χ4n) is 4.12. The number of methoxy groups -OCH3 is 1. The molecule has 1 aliphatic rings. The van der Waals surface area contributed by atoms with E-state index in [4.69, 9.17) is 25.9 Å². The summed E-state index contributed by atoms with van der Waals surface area (Å²) >= 11 is 0. The molecule has 0 saturated carbocycles. The van der Waals surface area contributed by atoms with Crippen LogP contribution in [0.15, 0.2) is 42.9 Å². The number of rotatable bonds is 9. The Hall–Kier alpha value is -3.50. The van der Waals surface area contributed by atoms with Crippen LogP contribution in [0.25, 0.3) is 11.0 Å². The molecule has 0 aliphatic carbocycles. The number of hydrogen-bond acceptors (Lipinski definition) is 11. The number of carbonyl (C=O) groups excluding carboxylic acids is 1. The number of nitrogens with zero attached hydrogens (tertiary/aromatic N) is 3. The molecular formula is C24H28N5O8P. The Morgan fingerprint density at radius 3 is 2.76 bits per heavy atom. The highest BCUT2D eigenvalue weighted by atomic mass is 31.2. The molecule has 0 amide bonds. The van der Waals surface area contributed by atoms with Gasteiger partial charge in [0.1, 0.15) is 47.4 Å². The first-order chi connectivity index (χ1) is 18.0. The van der Waals surface area contributed by atoms with Crippen LogP contribution in [0, 0.1) is 12.3 Å². The molecule has 5 N–H and O–H groups in total. The number of benzene rings is 1. The molecule has 6 atom stereocenters. The standard InChI is InChI=1S/C24H28N5O8P/c1-5-15-11-29(21-18(15)20(25)26-13-27-21)23-24(3,32)19(30)17(36-23)12-35-38(33,28-14(2)22(31)34-4)37-16-9-7-6-8-10-16/h1,6-11,13-14,17,19,23,30,32H,12H2,2-4H3,(H,28,33)(H2,25,26,27)/t14?,17?,19?,23?,24-,38?/m1/s1. The molecule has 2 aromatic heterocycles. The molecule has 3 aromatic rings. The fraction of sp³-hybridized carbons (Fsp3) is 0.375. The van der Waals surface area contributed by atoms with Gasteiger partial charge in [-0.2, -0.15) is 5.09 Å². The van der Waals surface area contributed by atoms with Crippen molar-refractivity contribution in [3.05, 3.63) is 48.4 Å². The first kappa shape index (κ1) is 27.5. The average Bonchev–Trinajstić information content (AvgIpc) is 3.37. The second kappa shape index (κ2) is 10.7. The van der Waals surface area contributed by atoms with Gasteiger partial charge in [-0.25, -0.2) is 14.5 Å². The van der Waals surface area contributed by atoms with E-state index in [0.717, 1.165) is 0 Å². The number of fused-ring (bicyclic) bond motifs is 1. The highest BCUT2D eigenvalue weighted by Gasteiger charge is 2.54. The Morgan fingerprint density at radius 1 is 1.39 bits per heavy atom. The number of ether oxygens (including phenoxy) is 2. The topological polar surface area (TPSA) is 180 Å². The van der Waals surface area contributed by atoms with Crippen LogP contribution in [0.2, 0.25) is 0 Å². The molecule has 0 radical (unpaired) electrons. The Kier molecular flexibility index (Phi) is 7.75. The summed E-state index contributed by atoms with van der Waals surface area (Å²) in [5.41, 5.74) is 4.78. The number of esters is 1. The minimum absolute atomic E-state index is 0.143. The minimum Gasteiger partial charge on any atom is -0.468 e. The van der Waals surface area contributed by atoms with Crippen LogP contribution in [0.4, 0.5) is 5.82 Å². The quantitative estimate of drug-likeness (QED) is 0.172. The summed E-state index contributed by atoms with van der Waals surface area (Å²) in [6.07, 6.45) is 4.51. The number of nitrogens with two attached hydrogens (primary N) is 1. The van der Waals surface area contributed by atoms with Gasteiger partial charge in [0, 0.05) is 6.20 Å². The molecule has 3 heterocycles. The van der Waals surface area contributed by atoms with Crippen molar-refractivity contribution in [2.75, 3.05) is 19.5 Å². The number of nitrogen functional groups attached to an aromatic ring is 1. The highest BCUT2D eigenvalue weighted by molar-refractivity contribution is 7.52. The molecule has 4 rings (SSSR count). The van der Waals surface area contributed by atoms with Crippen molar-refractivity contribution < 1.29 is 38.1 Å². The first-order valence-corrected chi connectivity index (χ1v) is 13.0. The molecule has 38 heavy (non-hydrogen) atoms. The molecule has 1 aliphatic heterocycles. The van der Waals surface area contributed by atoms with Gasteiger partial charge in [-0.15, -0.1) is 6.42 Å². The van der Waals surface area contributed by atoms with Gasteiger partial charge in [0.2, 0.25) is 0 Å². The summed E-state index contributed by atoms with van der Waals surface area (Å²) in [5.74, 6) is 2.15. The zero-order valence-electron chi connectivity index (χ0n) is 20.8. The average molecular weight is 545 g/mol. The molecule has 14 heteroatoms. The Morgan fingerprint density at radius 2 is 2.11 bits per heavy atom. The van der Waals surface area contributed by atoms with Crippen molar-refractivity contribution in [3.8, 4) is 18.1 Å². The van der Waals surface area contributed by atoms with E-state index in [1.807, 2.05) is 0 Å². The first-order valence-electron chi connectivity index (χ1n) is 11.5. The maximum atomic E-state index is 13.6. The molecule has 1 aromatic carbocycles. The van der Waals surface area contributed by atoms with Crippen LogP contribution in [0.3, 0.4) is 0 Å². The fourth-order valence-corrected chi connectivity index (χ4v) is 5.62. The molecule has 0 bridgehead atoms. The van der Waals surface area contributed by atoms with Gasteiger partial charge in [0.25, 0.3) is 0 Å². The summed E-state index contributed by atoms with van der Waals surface area (Å²) < 4.78 is 36.9. The summed E-state index contributed by atoms with van der Waals surface area (Å²) in [6.45, 7) is 2.30. The SMILES string of the molecule is C#Cc1cn(C2OC(COP(=O)(NC(C)C(=O)OC)Oc3ccccc3)C(O)[C@@]2(C)O)c2ncnc(N)c12. The zero-order valence-corrected chi connectivity index (χ0v) is 21.7. The van der Waals surface area contributed by atoms with Gasteiger partial charge < -0.3 is 34.5 Å². The van der Waals surface area contributed by atoms with E-state index in [9.17, 15) is 19.6 Å². The lowest BCUT2D eigenvalue weighted by Crippen LogP contribution is -2.44. The number of aliphatic hydroxyl groups is 2. The van der Waals surface area contributed by atoms with Gasteiger partial charge in [-0.05, 0) is 26.0 Å². The molecule has 5 unspecified atom stereocenters. The maximum Gasteiger partial charge on any atom is 0.459 e. The summed E-state index contributed by atoms with van der Waals surface area (Å²) in [6, 6.07) is 7.11. The van der Waals surface area contributed by atoms with Gasteiger partial charge in [0.05, 0.1) is 24.7 Å². The third-order valence-electron chi connectivity index (χ3n) is 6.09. The number of anilines is 1. The van der Waals surface area contributed by atoms with Crippen molar-refractivity contribution in [2.45, 2.75) is 43.9 Å². The number of carbonyl (C=O) groups is 1. The summed E-state index contributed by atoms with van der Waals surface area (Å²) in [5, 5.41) is 25.1. The number of aromatic nitrogens is 3. The third-order valence-corrected chi connectivity index (χ3v) is 7.73. The van der Waals surface area contributed by atoms with Crippen molar-refractivity contribution in [3.63, 3.8) is 0 Å². The third kappa shape index (κ3) is 5.23. The predicted molar refractivity (Wildman–Crippen MR) is 136 cm³/mol. The summed E-state index contributed by atoms with van der Waals surface area (Å²) in [7, 11) is -3.03. The van der Waals surface area contributed by atoms with Crippen molar-refractivity contribution in [2.24, 2.45) is 0 Å². The lowest BCUT2D eigenvalue weighted by molar-refractivity contribution is -0.142. The predicted octanol–water partition coefficient (Wildman–Crippen LogP) is 1.36.